The number of aromatic nitrogens is 2. The average molecular weight is 339 g/mol. The van der Waals surface area contributed by atoms with Gasteiger partial charge in [-0.05, 0) is 35.8 Å². The summed E-state index contributed by atoms with van der Waals surface area (Å²) in [7, 11) is 0. The maximum Gasteiger partial charge on any atom is 0.222 e. The van der Waals surface area contributed by atoms with Gasteiger partial charge in [-0.15, -0.1) is 0 Å². The SMILES string of the molecule is CSC(CO)C(C)Nc1ncc(I)cn1. The zero-order chi connectivity index (χ0) is 11.3. The lowest BCUT2D eigenvalue weighted by Crippen LogP contribution is -2.31. The fourth-order valence-electron chi connectivity index (χ4n) is 1.12. The Morgan fingerprint density at radius 3 is 2.60 bits per heavy atom. The van der Waals surface area contributed by atoms with Gasteiger partial charge in [0.2, 0.25) is 5.95 Å². The van der Waals surface area contributed by atoms with Gasteiger partial charge >= 0.3 is 0 Å². The summed E-state index contributed by atoms with van der Waals surface area (Å²) in [4.78, 5) is 8.30. The van der Waals surface area contributed by atoms with Gasteiger partial charge in [-0.1, -0.05) is 0 Å². The van der Waals surface area contributed by atoms with Gasteiger partial charge in [0.1, 0.15) is 0 Å². The van der Waals surface area contributed by atoms with Crippen LogP contribution in [-0.4, -0.2) is 39.2 Å². The summed E-state index contributed by atoms with van der Waals surface area (Å²) in [6, 6.07) is 0.144. The van der Waals surface area contributed by atoms with Crippen LogP contribution in [0.25, 0.3) is 0 Å². The van der Waals surface area contributed by atoms with Gasteiger partial charge in [0.05, 0.1) is 6.61 Å². The van der Waals surface area contributed by atoms with Crippen LogP contribution < -0.4 is 5.32 Å². The number of halogens is 1. The van der Waals surface area contributed by atoms with E-state index in [0.717, 1.165) is 3.57 Å². The monoisotopic (exact) mass is 339 g/mol. The van der Waals surface area contributed by atoms with Crippen molar-refractivity contribution in [2.75, 3.05) is 18.2 Å². The van der Waals surface area contributed by atoms with Crippen LogP contribution in [-0.2, 0) is 0 Å². The Balaban J connectivity index is 2.57. The van der Waals surface area contributed by atoms with Crippen LogP contribution >= 0.6 is 34.4 Å². The van der Waals surface area contributed by atoms with E-state index in [4.69, 9.17) is 5.11 Å². The Bertz CT molecular complexity index is 292. The van der Waals surface area contributed by atoms with Crippen molar-refractivity contribution in [1.29, 1.82) is 0 Å². The van der Waals surface area contributed by atoms with Crippen LogP contribution in [0.2, 0.25) is 0 Å². The number of nitrogens with one attached hydrogen (secondary N) is 1. The molecule has 0 aliphatic carbocycles. The van der Waals surface area contributed by atoms with Gasteiger partial charge in [0.25, 0.3) is 0 Å². The summed E-state index contributed by atoms with van der Waals surface area (Å²) in [5, 5.41) is 12.4. The van der Waals surface area contributed by atoms with Crippen molar-refractivity contribution in [3.8, 4) is 0 Å². The third-order valence-corrected chi connectivity index (χ3v) is 3.74. The summed E-state index contributed by atoms with van der Waals surface area (Å²) < 4.78 is 1.01. The van der Waals surface area contributed by atoms with E-state index in [-0.39, 0.29) is 17.9 Å². The number of hydrogen-bond acceptors (Lipinski definition) is 5. The van der Waals surface area contributed by atoms with E-state index in [1.807, 2.05) is 13.2 Å². The van der Waals surface area contributed by atoms with E-state index in [1.54, 1.807) is 24.2 Å². The minimum Gasteiger partial charge on any atom is -0.395 e. The van der Waals surface area contributed by atoms with Crippen LogP contribution in [0.15, 0.2) is 12.4 Å². The summed E-state index contributed by atoms with van der Waals surface area (Å²) >= 11 is 3.79. The first-order valence-electron chi connectivity index (χ1n) is 4.55. The molecule has 0 spiro atoms. The highest BCUT2D eigenvalue weighted by molar-refractivity contribution is 14.1. The van der Waals surface area contributed by atoms with E-state index in [1.165, 1.54) is 0 Å². The Morgan fingerprint density at radius 2 is 2.13 bits per heavy atom. The van der Waals surface area contributed by atoms with Crippen LogP contribution in [0.5, 0.6) is 0 Å². The third kappa shape index (κ3) is 4.12. The van der Waals surface area contributed by atoms with Crippen molar-refractivity contribution in [2.45, 2.75) is 18.2 Å². The molecule has 2 atom stereocenters. The van der Waals surface area contributed by atoms with Gasteiger partial charge in [0.15, 0.2) is 0 Å². The molecule has 0 aromatic carbocycles. The summed E-state index contributed by atoms with van der Waals surface area (Å²) in [6.45, 7) is 2.17. The Kier molecular flexibility index (Phi) is 5.62. The molecular formula is C9H14IN3OS. The van der Waals surface area contributed by atoms with Crippen molar-refractivity contribution in [3.63, 3.8) is 0 Å². The molecule has 2 N–H and O–H groups in total. The number of thioether (sulfide) groups is 1. The Morgan fingerprint density at radius 1 is 1.53 bits per heavy atom. The molecule has 2 unspecified atom stereocenters. The largest absolute Gasteiger partial charge is 0.395 e. The lowest BCUT2D eigenvalue weighted by atomic mass is 10.2. The predicted molar refractivity (Wildman–Crippen MR) is 72.2 cm³/mol. The van der Waals surface area contributed by atoms with Gasteiger partial charge in [-0.3, -0.25) is 0 Å². The molecule has 1 heterocycles. The molecule has 1 rings (SSSR count). The molecule has 6 heteroatoms. The average Bonchev–Trinajstić information content (AvgIpc) is 2.23. The molecule has 0 bridgehead atoms. The highest BCUT2D eigenvalue weighted by Gasteiger charge is 2.15. The molecule has 0 amide bonds. The smallest absolute Gasteiger partial charge is 0.222 e. The van der Waals surface area contributed by atoms with E-state index in [0.29, 0.717) is 5.95 Å². The quantitative estimate of drug-likeness (QED) is 0.799. The summed E-state index contributed by atoms with van der Waals surface area (Å²) in [5.41, 5.74) is 0. The van der Waals surface area contributed by atoms with Gasteiger partial charge in [0, 0.05) is 27.3 Å². The van der Waals surface area contributed by atoms with Crippen molar-refractivity contribution >= 4 is 40.3 Å². The van der Waals surface area contributed by atoms with E-state index in [2.05, 4.69) is 37.9 Å². The van der Waals surface area contributed by atoms with E-state index >= 15 is 0 Å². The highest BCUT2D eigenvalue weighted by atomic mass is 127. The second-order valence-electron chi connectivity index (χ2n) is 3.11. The molecule has 15 heavy (non-hydrogen) atoms. The van der Waals surface area contributed by atoms with Crippen molar-refractivity contribution in [1.82, 2.24) is 9.97 Å². The second kappa shape index (κ2) is 6.49. The first-order chi connectivity index (χ1) is 7.17. The molecule has 0 radical (unpaired) electrons. The molecule has 0 aliphatic heterocycles. The lowest BCUT2D eigenvalue weighted by Gasteiger charge is -2.20. The Hall–Kier alpha value is -0.0800. The van der Waals surface area contributed by atoms with E-state index < -0.39 is 0 Å². The lowest BCUT2D eigenvalue weighted by molar-refractivity contribution is 0.288. The number of aliphatic hydroxyl groups excluding tert-OH is 1. The first-order valence-corrected chi connectivity index (χ1v) is 6.91. The van der Waals surface area contributed by atoms with Crippen molar-refractivity contribution < 1.29 is 5.11 Å². The van der Waals surface area contributed by atoms with Crippen LogP contribution in [0.3, 0.4) is 0 Å². The van der Waals surface area contributed by atoms with Crippen molar-refractivity contribution in [2.24, 2.45) is 0 Å². The normalized spacial score (nSPS) is 14.7. The number of aliphatic hydroxyl groups is 1. The molecule has 84 valence electrons. The molecule has 4 nitrogen and oxygen atoms in total. The van der Waals surface area contributed by atoms with Gasteiger partial charge in [-0.25, -0.2) is 9.97 Å². The fraction of sp³-hybridized carbons (Fsp3) is 0.556. The minimum atomic E-state index is 0.144. The van der Waals surface area contributed by atoms with Gasteiger partial charge in [-0.2, -0.15) is 11.8 Å². The number of anilines is 1. The number of hydrogen-bond donors (Lipinski definition) is 2. The number of nitrogens with zero attached hydrogens (tertiary/aromatic N) is 2. The molecule has 1 aromatic heterocycles. The fourth-order valence-corrected chi connectivity index (χ4v) is 2.02. The van der Waals surface area contributed by atoms with Crippen LogP contribution in [0.4, 0.5) is 5.95 Å². The first kappa shape index (κ1) is 13.0. The predicted octanol–water partition coefficient (Wildman–Crippen LogP) is 1.61. The molecule has 0 saturated carbocycles. The molecule has 0 fully saturated rings. The maximum atomic E-state index is 9.12. The molecule has 0 aliphatic rings. The van der Waals surface area contributed by atoms with Crippen LogP contribution in [0.1, 0.15) is 6.92 Å². The highest BCUT2D eigenvalue weighted by Crippen LogP contribution is 2.13. The summed E-state index contributed by atoms with van der Waals surface area (Å²) in [6.07, 6.45) is 5.50. The maximum absolute atomic E-state index is 9.12. The van der Waals surface area contributed by atoms with E-state index in [9.17, 15) is 0 Å². The standard InChI is InChI=1S/C9H14IN3OS/c1-6(8(5-14)15-2)13-9-11-3-7(10)4-12-9/h3-4,6,8,14H,5H2,1-2H3,(H,11,12,13). The summed E-state index contributed by atoms with van der Waals surface area (Å²) in [5.74, 6) is 0.607. The van der Waals surface area contributed by atoms with Gasteiger partial charge < -0.3 is 10.4 Å². The zero-order valence-electron chi connectivity index (χ0n) is 8.64. The minimum absolute atomic E-state index is 0.144. The zero-order valence-corrected chi connectivity index (χ0v) is 11.6. The second-order valence-corrected chi connectivity index (χ2v) is 5.44. The Labute approximate surface area is 107 Å². The third-order valence-electron chi connectivity index (χ3n) is 2.02. The van der Waals surface area contributed by atoms with Crippen molar-refractivity contribution in [3.05, 3.63) is 16.0 Å². The number of rotatable bonds is 5. The molecule has 1 aromatic rings. The molecule has 0 saturated heterocycles. The topological polar surface area (TPSA) is 58.0 Å². The molecular weight excluding hydrogens is 325 g/mol. The van der Waals surface area contributed by atoms with Crippen LogP contribution in [0, 0.1) is 3.57 Å².